The van der Waals surface area contributed by atoms with E-state index in [1.807, 2.05) is 0 Å². The molecule has 0 aliphatic carbocycles. The van der Waals surface area contributed by atoms with E-state index in [0.717, 1.165) is 19.2 Å². The highest BCUT2D eigenvalue weighted by atomic mass is 35.5. The fourth-order valence-corrected chi connectivity index (χ4v) is 2.46. The van der Waals surface area contributed by atoms with Crippen LogP contribution in [0.4, 0.5) is 15.8 Å². The Morgan fingerprint density at radius 1 is 1.56 bits per heavy atom. The maximum Gasteiger partial charge on any atom is 0.337 e. The van der Waals surface area contributed by atoms with Crippen molar-refractivity contribution in [2.45, 2.75) is 0 Å². The van der Waals surface area contributed by atoms with E-state index in [2.05, 4.69) is 10.1 Å². The molecule has 0 unspecified atom stereocenters. The highest BCUT2D eigenvalue weighted by Crippen LogP contribution is 2.32. The van der Waals surface area contributed by atoms with E-state index in [1.54, 1.807) is 0 Å². The number of nitro benzene ring substituents is 1. The second-order valence-corrected chi connectivity index (χ2v) is 5.37. The number of ether oxygens (including phenoxy) is 1. The summed E-state index contributed by atoms with van der Waals surface area (Å²) in [5.41, 5.74) is -1.18. The van der Waals surface area contributed by atoms with Crippen molar-refractivity contribution in [2.75, 3.05) is 32.1 Å². The number of esters is 1. The number of β-amino-alcohol motifs (C(OH)–C–C–N with tert-alkyl or cyclic N) is 1. The van der Waals surface area contributed by atoms with Gasteiger partial charge in [-0.3, -0.25) is 14.9 Å². The minimum Gasteiger partial charge on any atom is -0.466 e. The van der Waals surface area contributed by atoms with Crippen LogP contribution in [0.5, 0.6) is 0 Å². The Kier molecular flexibility index (Phi) is 5.55. The number of carbonyl (C=O) groups is 2. The highest BCUT2D eigenvalue weighted by molar-refractivity contribution is 6.33. The Morgan fingerprint density at radius 2 is 2.24 bits per heavy atom. The van der Waals surface area contributed by atoms with E-state index in [9.17, 15) is 24.1 Å². The average Bonchev–Trinajstić information content (AvgIpc) is 2.86. The van der Waals surface area contributed by atoms with Gasteiger partial charge in [-0.1, -0.05) is 11.6 Å². The molecule has 0 saturated carbocycles. The fourth-order valence-electron chi connectivity index (χ4n) is 2.26. The summed E-state index contributed by atoms with van der Waals surface area (Å²) in [5.74, 6) is -2.56. The number of benzene rings is 1. The monoisotopic (exact) mass is 373 g/mol. The Labute approximate surface area is 145 Å². The highest BCUT2D eigenvalue weighted by Gasteiger charge is 2.35. The number of carbonyl (C=O) groups excluding carboxylic acids is 2. The van der Waals surface area contributed by atoms with Crippen molar-refractivity contribution in [1.29, 1.82) is 0 Å². The number of nitrogens with zero attached hydrogens (tertiary/aromatic N) is 2. The average molecular weight is 374 g/mol. The zero-order valence-corrected chi connectivity index (χ0v) is 13.7. The number of hydrogen-bond acceptors (Lipinski definition) is 7. The van der Waals surface area contributed by atoms with Crippen LogP contribution in [0.15, 0.2) is 23.4 Å². The van der Waals surface area contributed by atoms with Gasteiger partial charge < -0.3 is 20.1 Å². The lowest BCUT2D eigenvalue weighted by molar-refractivity contribution is -0.387. The number of methoxy groups -OCH3 is 1. The van der Waals surface area contributed by atoms with Crippen LogP contribution in [0, 0.1) is 15.9 Å². The van der Waals surface area contributed by atoms with Crippen LogP contribution < -0.4 is 5.32 Å². The third-order valence-electron chi connectivity index (χ3n) is 3.45. The lowest BCUT2D eigenvalue weighted by atomic mass is 10.2. The third-order valence-corrected chi connectivity index (χ3v) is 3.76. The molecule has 0 saturated heterocycles. The Morgan fingerprint density at radius 3 is 2.80 bits per heavy atom. The van der Waals surface area contributed by atoms with Gasteiger partial charge in [-0.15, -0.1) is 0 Å². The van der Waals surface area contributed by atoms with Crippen LogP contribution in [0.25, 0.3) is 0 Å². The van der Waals surface area contributed by atoms with Gasteiger partial charge in [0.2, 0.25) is 5.82 Å². The number of rotatable bonds is 6. The lowest BCUT2D eigenvalue weighted by Crippen LogP contribution is -2.31. The molecule has 0 radical (unpaired) electrons. The summed E-state index contributed by atoms with van der Waals surface area (Å²) < 4.78 is 18.4. The van der Waals surface area contributed by atoms with Crippen molar-refractivity contribution in [3.63, 3.8) is 0 Å². The number of aliphatic hydroxyl groups excluding tert-OH is 1. The van der Waals surface area contributed by atoms with E-state index in [4.69, 9.17) is 16.7 Å². The smallest absolute Gasteiger partial charge is 0.337 e. The van der Waals surface area contributed by atoms with Crippen molar-refractivity contribution < 1.29 is 28.7 Å². The Hall–Kier alpha value is -2.72. The topological polar surface area (TPSA) is 122 Å². The molecule has 134 valence electrons. The van der Waals surface area contributed by atoms with Gasteiger partial charge in [0.25, 0.3) is 5.91 Å². The van der Waals surface area contributed by atoms with E-state index in [0.29, 0.717) is 0 Å². The molecule has 1 aliphatic rings. The van der Waals surface area contributed by atoms with Crippen LogP contribution in [0.3, 0.4) is 0 Å². The molecule has 1 aliphatic heterocycles. The van der Waals surface area contributed by atoms with Crippen molar-refractivity contribution in [3.8, 4) is 0 Å². The zero-order chi connectivity index (χ0) is 18.7. The first kappa shape index (κ1) is 18.6. The van der Waals surface area contributed by atoms with E-state index in [-0.39, 0.29) is 41.7 Å². The van der Waals surface area contributed by atoms with Crippen molar-refractivity contribution in [2.24, 2.45) is 0 Å². The number of amides is 1. The third kappa shape index (κ3) is 3.69. The Balaban J connectivity index is 2.42. The molecule has 1 heterocycles. The molecule has 2 N–H and O–H groups in total. The molecule has 0 atom stereocenters. The van der Waals surface area contributed by atoms with Gasteiger partial charge in [-0.25, -0.2) is 4.79 Å². The summed E-state index contributed by atoms with van der Waals surface area (Å²) in [7, 11) is 1.13. The largest absolute Gasteiger partial charge is 0.466 e. The molecule has 0 bridgehead atoms. The summed E-state index contributed by atoms with van der Waals surface area (Å²) in [5, 5.41) is 22.0. The molecule has 1 aromatic rings. The van der Waals surface area contributed by atoms with E-state index >= 15 is 0 Å². The first-order valence-electron chi connectivity index (χ1n) is 6.92. The van der Waals surface area contributed by atoms with Gasteiger partial charge >= 0.3 is 11.7 Å². The first-order valence-corrected chi connectivity index (χ1v) is 7.30. The van der Waals surface area contributed by atoms with Crippen molar-refractivity contribution in [3.05, 3.63) is 44.4 Å². The van der Waals surface area contributed by atoms with Gasteiger partial charge in [0.1, 0.15) is 5.70 Å². The molecule has 25 heavy (non-hydrogen) atoms. The number of aliphatic hydroxyl groups is 1. The molecular formula is C14H13ClFN3O6. The van der Waals surface area contributed by atoms with Crippen LogP contribution in [0.2, 0.25) is 5.02 Å². The lowest BCUT2D eigenvalue weighted by Gasteiger charge is -2.15. The van der Waals surface area contributed by atoms with Gasteiger partial charge in [-0.05, 0) is 0 Å². The molecule has 9 nitrogen and oxygen atoms in total. The van der Waals surface area contributed by atoms with Crippen LogP contribution in [-0.2, 0) is 14.3 Å². The molecule has 1 aromatic carbocycles. The summed E-state index contributed by atoms with van der Waals surface area (Å²) in [6.45, 7) is -0.450. The van der Waals surface area contributed by atoms with Crippen LogP contribution >= 0.6 is 11.6 Å². The molecular weight excluding hydrogens is 361 g/mol. The maximum absolute atomic E-state index is 13.8. The predicted molar refractivity (Wildman–Crippen MR) is 84.4 cm³/mol. The summed E-state index contributed by atoms with van der Waals surface area (Å²) in [6, 6.07) is 1.55. The van der Waals surface area contributed by atoms with Gasteiger partial charge in [0.05, 0.1) is 41.5 Å². The van der Waals surface area contributed by atoms with Crippen LogP contribution in [-0.4, -0.2) is 53.6 Å². The van der Waals surface area contributed by atoms with Gasteiger partial charge in [-0.2, -0.15) is 4.39 Å². The van der Waals surface area contributed by atoms with E-state index in [1.165, 1.54) is 4.90 Å². The summed E-state index contributed by atoms with van der Waals surface area (Å²) in [6.07, 6.45) is 0. The molecule has 0 spiro atoms. The molecule has 11 heteroatoms. The maximum atomic E-state index is 13.8. The SMILES string of the molecule is COC(=O)C1=C(Nc2cc(F)c([N+](=O)[O-])cc2Cl)C(=O)N(CCO)C1. The minimum atomic E-state index is -1.16. The minimum absolute atomic E-state index is 0.0210. The summed E-state index contributed by atoms with van der Waals surface area (Å²) in [4.78, 5) is 35.1. The standard InChI is InChI=1S/C14H13ClFN3O6/c1-25-14(22)7-6-18(2-3-20)13(21)12(7)17-10-5-9(16)11(19(23)24)4-8(10)15/h4-5,17,20H,2-3,6H2,1H3. The number of halogens is 2. The molecule has 1 amide bonds. The predicted octanol–water partition coefficient (Wildman–Crippen LogP) is 1.06. The molecule has 2 rings (SSSR count). The molecule has 0 fully saturated rings. The Bertz CT molecular complexity index is 782. The van der Waals surface area contributed by atoms with Crippen molar-refractivity contribution in [1.82, 2.24) is 4.90 Å². The number of nitro groups is 1. The number of hydrogen-bond donors (Lipinski definition) is 2. The molecule has 0 aromatic heterocycles. The fraction of sp³-hybridized carbons (Fsp3) is 0.286. The van der Waals surface area contributed by atoms with Crippen molar-refractivity contribution >= 4 is 34.9 Å². The second-order valence-electron chi connectivity index (χ2n) is 4.96. The second kappa shape index (κ2) is 7.45. The van der Waals surface area contributed by atoms with Gasteiger partial charge in [0.15, 0.2) is 0 Å². The summed E-state index contributed by atoms with van der Waals surface area (Å²) >= 11 is 5.89. The van der Waals surface area contributed by atoms with Gasteiger partial charge in [0, 0.05) is 18.7 Å². The first-order chi connectivity index (χ1) is 11.8. The normalized spacial score (nSPS) is 14.1. The zero-order valence-electron chi connectivity index (χ0n) is 12.9. The number of nitrogens with one attached hydrogen (secondary N) is 1. The van der Waals surface area contributed by atoms with Crippen LogP contribution in [0.1, 0.15) is 0 Å². The number of anilines is 1. The van der Waals surface area contributed by atoms with E-state index < -0.39 is 28.3 Å². The quantitative estimate of drug-likeness (QED) is 0.434.